The molecule has 2 rings (SSSR count). The lowest BCUT2D eigenvalue weighted by Crippen LogP contribution is -2.41. The van der Waals surface area contributed by atoms with E-state index in [0.29, 0.717) is 23.2 Å². The van der Waals surface area contributed by atoms with E-state index < -0.39 is 0 Å². The van der Waals surface area contributed by atoms with Crippen LogP contribution < -0.4 is 4.90 Å². The minimum atomic E-state index is 0.129. The van der Waals surface area contributed by atoms with E-state index in [4.69, 9.17) is 16.7 Å². The Kier molecular flexibility index (Phi) is 4.02. The summed E-state index contributed by atoms with van der Waals surface area (Å²) in [5, 5.41) is 9.58. The van der Waals surface area contributed by atoms with Crippen molar-refractivity contribution in [3.05, 3.63) is 28.8 Å². The van der Waals surface area contributed by atoms with Crippen LogP contribution in [0.25, 0.3) is 0 Å². The highest BCUT2D eigenvalue weighted by Crippen LogP contribution is 2.31. The predicted molar refractivity (Wildman–Crippen MR) is 68.9 cm³/mol. The Labute approximate surface area is 106 Å². The van der Waals surface area contributed by atoms with E-state index in [1.165, 1.54) is 6.42 Å². The van der Waals surface area contributed by atoms with Crippen molar-refractivity contribution in [2.75, 3.05) is 18.1 Å². The molecule has 3 nitrogen and oxygen atoms in total. The summed E-state index contributed by atoms with van der Waals surface area (Å²) in [5.41, 5.74) is 1.49. The third-order valence-corrected chi connectivity index (χ3v) is 3.63. The van der Waals surface area contributed by atoms with Gasteiger partial charge in [0.05, 0.1) is 11.6 Å². The van der Waals surface area contributed by atoms with Crippen LogP contribution in [0.15, 0.2) is 18.2 Å². The zero-order valence-electron chi connectivity index (χ0n) is 9.60. The summed E-state index contributed by atoms with van der Waals surface area (Å²) in [6.45, 7) is 0.741. The van der Waals surface area contributed by atoms with Crippen LogP contribution >= 0.6 is 11.6 Å². The van der Waals surface area contributed by atoms with Gasteiger partial charge in [0.2, 0.25) is 0 Å². The van der Waals surface area contributed by atoms with Crippen LogP contribution in [0, 0.1) is 0 Å². The average molecular weight is 254 g/mol. The number of nitrogens with zero attached hydrogens (tertiary/aromatic N) is 1. The highest BCUT2D eigenvalue weighted by molar-refractivity contribution is 6.33. The Morgan fingerprint density at radius 2 is 2.24 bits per heavy atom. The third kappa shape index (κ3) is 2.61. The second-order valence-electron chi connectivity index (χ2n) is 4.33. The van der Waals surface area contributed by atoms with Crippen LogP contribution in [0.5, 0.6) is 0 Å². The first-order valence-electron chi connectivity index (χ1n) is 5.88. The molecule has 1 fully saturated rings. The van der Waals surface area contributed by atoms with Crippen LogP contribution in [0.2, 0.25) is 5.02 Å². The molecule has 0 saturated heterocycles. The summed E-state index contributed by atoms with van der Waals surface area (Å²) < 4.78 is 0. The molecule has 4 heteroatoms. The Bertz CT molecular complexity index is 404. The normalized spacial score (nSPS) is 15.4. The summed E-state index contributed by atoms with van der Waals surface area (Å²) in [6.07, 6.45) is 4.32. The highest BCUT2D eigenvalue weighted by Gasteiger charge is 2.25. The van der Waals surface area contributed by atoms with Gasteiger partial charge in [-0.15, -0.1) is 0 Å². The van der Waals surface area contributed by atoms with Crippen molar-refractivity contribution in [2.45, 2.75) is 25.3 Å². The van der Waals surface area contributed by atoms with Crippen molar-refractivity contribution >= 4 is 23.6 Å². The first-order chi connectivity index (χ1) is 8.26. The molecule has 17 heavy (non-hydrogen) atoms. The zero-order chi connectivity index (χ0) is 12.3. The number of aliphatic hydroxyl groups excluding tert-OH is 1. The Morgan fingerprint density at radius 3 is 2.71 bits per heavy atom. The van der Waals surface area contributed by atoms with Gasteiger partial charge in [-0.05, 0) is 37.5 Å². The van der Waals surface area contributed by atoms with Crippen molar-refractivity contribution in [2.24, 2.45) is 0 Å². The van der Waals surface area contributed by atoms with Gasteiger partial charge in [-0.25, -0.2) is 0 Å². The van der Waals surface area contributed by atoms with Crippen molar-refractivity contribution in [3.8, 4) is 0 Å². The quantitative estimate of drug-likeness (QED) is 0.820. The van der Waals surface area contributed by atoms with Gasteiger partial charge in [-0.1, -0.05) is 11.6 Å². The average Bonchev–Trinajstić information content (AvgIpc) is 2.26. The van der Waals surface area contributed by atoms with Gasteiger partial charge in [0.1, 0.15) is 0 Å². The minimum Gasteiger partial charge on any atom is -0.395 e. The van der Waals surface area contributed by atoms with E-state index in [1.807, 2.05) is 6.07 Å². The summed E-state index contributed by atoms with van der Waals surface area (Å²) in [7, 11) is 0. The first-order valence-corrected chi connectivity index (χ1v) is 6.26. The molecule has 0 aliphatic heterocycles. The van der Waals surface area contributed by atoms with Crippen LogP contribution in [0.1, 0.15) is 29.6 Å². The molecule has 0 bridgehead atoms. The maximum Gasteiger partial charge on any atom is 0.151 e. The first kappa shape index (κ1) is 12.4. The molecule has 1 aliphatic carbocycles. The third-order valence-electron chi connectivity index (χ3n) is 3.30. The van der Waals surface area contributed by atoms with E-state index in [9.17, 15) is 4.79 Å². The number of hydrogen-bond donors (Lipinski definition) is 1. The summed E-state index contributed by atoms with van der Waals surface area (Å²) >= 11 is 6.02. The number of anilines is 1. The number of halogens is 1. The Hall–Kier alpha value is -1.06. The Morgan fingerprint density at radius 1 is 1.47 bits per heavy atom. The lowest BCUT2D eigenvalue weighted by molar-refractivity contribution is 0.112. The number of aldehydes is 1. The molecule has 0 heterocycles. The van der Waals surface area contributed by atoms with E-state index in [-0.39, 0.29) is 6.61 Å². The van der Waals surface area contributed by atoms with E-state index in [2.05, 4.69) is 4.90 Å². The molecule has 0 atom stereocenters. The van der Waals surface area contributed by atoms with Gasteiger partial charge in [-0.3, -0.25) is 4.79 Å². The molecule has 0 spiro atoms. The summed E-state index contributed by atoms with van der Waals surface area (Å²) in [5.74, 6) is 0. The van der Waals surface area contributed by atoms with Crippen LogP contribution in [0.4, 0.5) is 5.69 Å². The molecule has 1 aromatic rings. The molecule has 1 aromatic carbocycles. The molecule has 1 N–H and O–H groups in total. The van der Waals surface area contributed by atoms with E-state index >= 15 is 0 Å². The molecular formula is C13H16ClNO2. The number of carbonyl (C=O) groups excluding carboxylic acids is 1. The molecule has 0 amide bonds. The van der Waals surface area contributed by atoms with Crippen LogP contribution in [-0.4, -0.2) is 30.6 Å². The number of aliphatic hydroxyl groups is 1. The van der Waals surface area contributed by atoms with Crippen molar-refractivity contribution in [1.29, 1.82) is 0 Å². The molecular weight excluding hydrogens is 238 g/mol. The van der Waals surface area contributed by atoms with Gasteiger partial charge in [0, 0.05) is 23.8 Å². The Balaban J connectivity index is 2.22. The van der Waals surface area contributed by atoms with Gasteiger partial charge >= 0.3 is 0 Å². The topological polar surface area (TPSA) is 40.5 Å². The lowest BCUT2D eigenvalue weighted by atomic mass is 9.91. The van der Waals surface area contributed by atoms with E-state index in [0.717, 1.165) is 24.8 Å². The molecule has 92 valence electrons. The second kappa shape index (κ2) is 5.52. The lowest BCUT2D eigenvalue weighted by Gasteiger charge is -2.39. The van der Waals surface area contributed by atoms with Gasteiger partial charge in [0.15, 0.2) is 6.29 Å². The zero-order valence-corrected chi connectivity index (χ0v) is 10.4. The summed E-state index contributed by atoms with van der Waals surface area (Å²) in [6, 6.07) is 5.93. The standard InChI is InChI=1S/C13H16ClNO2/c14-13-8-12(5-4-10(13)9-17)15(6-7-16)11-2-1-3-11/h4-5,8-9,11,16H,1-3,6-7H2. The number of rotatable bonds is 5. The second-order valence-corrected chi connectivity index (χ2v) is 4.73. The van der Waals surface area contributed by atoms with Gasteiger partial charge in [-0.2, -0.15) is 0 Å². The molecule has 0 radical (unpaired) electrons. The fourth-order valence-corrected chi connectivity index (χ4v) is 2.34. The van der Waals surface area contributed by atoms with Gasteiger partial charge < -0.3 is 10.0 Å². The molecule has 1 saturated carbocycles. The monoisotopic (exact) mass is 253 g/mol. The smallest absolute Gasteiger partial charge is 0.151 e. The number of benzene rings is 1. The molecule has 0 aromatic heterocycles. The number of carbonyl (C=O) groups is 1. The predicted octanol–water partition coefficient (Wildman–Crippen LogP) is 2.50. The maximum absolute atomic E-state index is 10.7. The van der Waals surface area contributed by atoms with Crippen molar-refractivity contribution in [1.82, 2.24) is 0 Å². The van der Waals surface area contributed by atoms with Crippen molar-refractivity contribution < 1.29 is 9.90 Å². The minimum absolute atomic E-state index is 0.129. The maximum atomic E-state index is 10.7. The summed E-state index contributed by atoms with van der Waals surface area (Å²) in [4.78, 5) is 12.9. The number of hydrogen-bond acceptors (Lipinski definition) is 3. The molecule has 0 unspecified atom stereocenters. The van der Waals surface area contributed by atoms with Crippen LogP contribution in [0.3, 0.4) is 0 Å². The highest BCUT2D eigenvalue weighted by atomic mass is 35.5. The van der Waals surface area contributed by atoms with E-state index in [1.54, 1.807) is 12.1 Å². The van der Waals surface area contributed by atoms with Gasteiger partial charge in [0.25, 0.3) is 0 Å². The fraction of sp³-hybridized carbons (Fsp3) is 0.462. The SMILES string of the molecule is O=Cc1ccc(N(CCO)C2CCC2)cc1Cl. The van der Waals surface area contributed by atoms with Crippen molar-refractivity contribution in [3.63, 3.8) is 0 Å². The molecule has 1 aliphatic rings. The largest absolute Gasteiger partial charge is 0.395 e. The van der Waals surface area contributed by atoms with Crippen LogP contribution in [-0.2, 0) is 0 Å². The fourth-order valence-electron chi connectivity index (χ4n) is 2.12.